The first-order valence-corrected chi connectivity index (χ1v) is 14.4. The minimum atomic E-state index is 0.248. The van der Waals surface area contributed by atoms with E-state index in [1.807, 2.05) is 0 Å². The molecule has 0 spiro atoms. The molecule has 1 heterocycles. The van der Waals surface area contributed by atoms with Crippen LogP contribution in [0, 0.1) is 0 Å². The molecule has 1 atom stereocenters. The molecule has 1 unspecified atom stereocenters. The minimum Gasteiger partial charge on any atom is -0.352 e. The predicted molar refractivity (Wildman–Crippen MR) is 141 cm³/mol. The van der Waals surface area contributed by atoms with Crippen LogP contribution in [0.3, 0.4) is 0 Å². The first-order chi connectivity index (χ1) is 15.7. The van der Waals surface area contributed by atoms with Gasteiger partial charge in [-0.05, 0) is 65.0 Å². The van der Waals surface area contributed by atoms with Crippen molar-refractivity contribution < 1.29 is 4.79 Å². The Hall–Kier alpha value is -0.830. The lowest BCUT2D eigenvalue weighted by molar-refractivity contribution is -0.121. The van der Waals surface area contributed by atoms with Crippen molar-refractivity contribution in [2.45, 2.75) is 148 Å². The molecular weight excluding hydrogens is 392 g/mol. The largest absolute Gasteiger partial charge is 0.352 e. The molecule has 0 aromatic rings. The van der Waals surface area contributed by atoms with Gasteiger partial charge < -0.3 is 10.2 Å². The average molecular weight is 449 g/mol. The van der Waals surface area contributed by atoms with E-state index in [0.717, 1.165) is 13.0 Å². The van der Waals surface area contributed by atoms with Gasteiger partial charge in [-0.15, -0.1) is 0 Å². The van der Waals surface area contributed by atoms with E-state index in [1.165, 1.54) is 129 Å². The molecule has 0 aliphatic carbocycles. The second kappa shape index (κ2) is 22.0. The third-order valence-electron chi connectivity index (χ3n) is 6.80. The fourth-order valence-electron chi connectivity index (χ4n) is 4.81. The van der Waals surface area contributed by atoms with Crippen molar-refractivity contribution in [1.82, 2.24) is 10.2 Å². The maximum Gasteiger partial charge on any atom is 0.220 e. The molecule has 1 fully saturated rings. The highest BCUT2D eigenvalue weighted by molar-refractivity contribution is 5.76. The van der Waals surface area contributed by atoms with Gasteiger partial charge in [0.05, 0.1) is 0 Å². The molecule has 1 aliphatic rings. The molecule has 0 aromatic carbocycles. The van der Waals surface area contributed by atoms with E-state index in [-0.39, 0.29) is 11.9 Å². The third kappa shape index (κ3) is 18.7. The van der Waals surface area contributed by atoms with Gasteiger partial charge in [0.25, 0.3) is 0 Å². The molecule has 1 rings (SSSR count). The monoisotopic (exact) mass is 448 g/mol. The van der Waals surface area contributed by atoms with Crippen LogP contribution in [-0.2, 0) is 4.79 Å². The first kappa shape index (κ1) is 29.2. The molecule has 188 valence electrons. The van der Waals surface area contributed by atoms with Crippen molar-refractivity contribution in [2.75, 3.05) is 19.6 Å². The van der Waals surface area contributed by atoms with Gasteiger partial charge in [0, 0.05) is 19.0 Å². The average Bonchev–Trinajstić information content (AvgIpc) is 3.28. The number of nitrogens with one attached hydrogen (secondary N) is 1. The summed E-state index contributed by atoms with van der Waals surface area (Å²) < 4.78 is 0. The summed E-state index contributed by atoms with van der Waals surface area (Å²) in [5.41, 5.74) is 0. The zero-order valence-corrected chi connectivity index (χ0v) is 21.9. The van der Waals surface area contributed by atoms with Gasteiger partial charge in [-0.1, -0.05) is 96.1 Å². The third-order valence-corrected chi connectivity index (χ3v) is 6.80. The molecule has 0 aromatic heterocycles. The van der Waals surface area contributed by atoms with Crippen LogP contribution in [0.4, 0.5) is 0 Å². The molecule has 1 aliphatic heterocycles. The molecule has 1 amide bonds. The number of allylic oxidation sites excluding steroid dienone is 2. The summed E-state index contributed by atoms with van der Waals surface area (Å²) in [5, 5.41) is 3.18. The Labute approximate surface area is 201 Å². The number of likely N-dealkylation sites (tertiary alicyclic amines) is 1. The van der Waals surface area contributed by atoms with Crippen molar-refractivity contribution >= 4 is 5.91 Å². The van der Waals surface area contributed by atoms with Gasteiger partial charge in [-0.25, -0.2) is 0 Å². The highest BCUT2D eigenvalue weighted by Gasteiger charge is 2.15. The summed E-state index contributed by atoms with van der Waals surface area (Å²) in [6, 6.07) is 0.288. The molecule has 1 saturated heterocycles. The van der Waals surface area contributed by atoms with E-state index in [4.69, 9.17) is 0 Å². The summed E-state index contributed by atoms with van der Waals surface area (Å²) in [6.45, 7) is 7.85. The van der Waals surface area contributed by atoms with Gasteiger partial charge in [0.15, 0.2) is 0 Å². The molecule has 0 bridgehead atoms. The van der Waals surface area contributed by atoms with Crippen molar-refractivity contribution in [3.8, 4) is 0 Å². The molecular formula is C29H56N2O. The van der Waals surface area contributed by atoms with Crippen LogP contribution in [-0.4, -0.2) is 36.5 Å². The molecule has 1 N–H and O–H groups in total. The van der Waals surface area contributed by atoms with Crippen molar-refractivity contribution in [3.05, 3.63) is 12.2 Å². The Morgan fingerprint density at radius 3 is 1.75 bits per heavy atom. The number of amides is 1. The maximum atomic E-state index is 12.1. The normalized spacial score (nSPS) is 15.6. The quantitative estimate of drug-likeness (QED) is 0.134. The topological polar surface area (TPSA) is 32.3 Å². The lowest BCUT2D eigenvalue weighted by atomic mass is 10.1. The molecule has 0 radical (unpaired) electrons. The highest BCUT2D eigenvalue weighted by atomic mass is 16.1. The van der Waals surface area contributed by atoms with Crippen molar-refractivity contribution in [3.63, 3.8) is 0 Å². The predicted octanol–water partition coefficient (Wildman–Crippen LogP) is 8.18. The number of carbonyl (C=O) groups excluding carboxylic acids is 1. The zero-order valence-electron chi connectivity index (χ0n) is 21.9. The fourth-order valence-corrected chi connectivity index (χ4v) is 4.81. The summed E-state index contributed by atoms with van der Waals surface area (Å²) in [4.78, 5) is 14.5. The lowest BCUT2D eigenvalue weighted by Crippen LogP contribution is -2.40. The number of rotatable bonds is 22. The Kier molecular flexibility index (Phi) is 20.1. The number of hydrogen-bond acceptors (Lipinski definition) is 2. The van der Waals surface area contributed by atoms with Crippen LogP contribution in [0.5, 0.6) is 0 Å². The molecule has 0 saturated carbocycles. The minimum absolute atomic E-state index is 0.248. The van der Waals surface area contributed by atoms with Crippen LogP contribution in [0.25, 0.3) is 0 Å². The highest BCUT2D eigenvalue weighted by Crippen LogP contribution is 2.13. The van der Waals surface area contributed by atoms with Gasteiger partial charge in [-0.3, -0.25) is 4.79 Å². The zero-order chi connectivity index (χ0) is 23.1. The standard InChI is InChI=1S/C29H56N2O/c1-3-4-5-6-7-8-9-10-11-12-13-14-15-16-17-18-19-20-21-24-29(32)30-28(2)27-31-25-22-23-26-31/h10-11,28H,3-9,12-27H2,1-2H3,(H,30,32)/b11-10-. The summed E-state index contributed by atoms with van der Waals surface area (Å²) in [5.74, 6) is 0.248. The van der Waals surface area contributed by atoms with Gasteiger partial charge in [0.2, 0.25) is 5.91 Å². The van der Waals surface area contributed by atoms with Crippen LogP contribution in [0.1, 0.15) is 142 Å². The van der Waals surface area contributed by atoms with Crippen LogP contribution >= 0.6 is 0 Å². The van der Waals surface area contributed by atoms with Gasteiger partial charge in [-0.2, -0.15) is 0 Å². The molecule has 32 heavy (non-hydrogen) atoms. The number of hydrogen-bond donors (Lipinski definition) is 1. The van der Waals surface area contributed by atoms with Crippen molar-refractivity contribution in [2.24, 2.45) is 0 Å². The SMILES string of the molecule is CCCCCCCC/C=C\CCCCCCCCCCCC(=O)NC(C)CN1CCCC1. The van der Waals surface area contributed by atoms with Crippen LogP contribution in [0.2, 0.25) is 0 Å². The van der Waals surface area contributed by atoms with Gasteiger partial charge in [0.1, 0.15) is 0 Å². The number of unbranched alkanes of at least 4 members (excludes halogenated alkanes) is 15. The Bertz CT molecular complexity index is 442. The van der Waals surface area contributed by atoms with E-state index in [9.17, 15) is 4.79 Å². The van der Waals surface area contributed by atoms with E-state index < -0.39 is 0 Å². The lowest BCUT2D eigenvalue weighted by Gasteiger charge is -2.21. The maximum absolute atomic E-state index is 12.1. The van der Waals surface area contributed by atoms with E-state index >= 15 is 0 Å². The summed E-state index contributed by atoms with van der Waals surface area (Å²) in [7, 11) is 0. The van der Waals surface area contributed by atoms with Crippen molar-refractivity contribution in [1.29, 1.82) is 0 Å². The number of nitrogens with zero attached hydrogens (tertiary/aromatic N) is 1. The van der Waals surface area contributed by atoms with Crippen LogP contribution < -0.4 is 5.32 Å². The second-order valence-corrected chi connectivity index (χ2v) is 10.2. The second-order valence-electron chi connectivity index (χ2n) is 10.2. The molecule has 3 heteroatoms. The fraction of sp³-hybridized carbons (Fsp3) is 0.897. The summed E-state index contributed by atoms with van der Waals surface area (Å²) >= 11 is 0. The Morgan fingerprint density at radius 1 is 0.750 bits per heavy atom. The Morgan fingerprint density at radius 2 is 1.22 bits per heavy atom. The first-order valence-electron chi connectivity index (χ1n) is 14.4. The van der Waals surface area contributed by atoms with E-state index in [1.54, 1.807) is 0 Å². The van der Waals surface area contributed by atoms with E-state index in [0.29, 0.717) is 6.42 Å². The van der Waals surface area contributed by atoms with E-state index in [2.05, 4.69) is 36.2 Å². The Balaban J connectivity index is 1.76. The van der Waals surface area contributed by atoms with Gasteiger partial charge >= 0.3 is 0 Å². The smallest absolute Gasteiger partial charge is 0.220 e. The summed E-state index contributed by atoms with van der Waals surface area (Å²) in [6.07, 6.45) is 30.9. The molecule has 3 nitrogen and oxygen atoms in total. The van der Waals surface area contributed by atoms with Crippen LogP contribution in [0.15, 0.2) is 12.2 Å². The number of carbonyl (C=O) groups is 1.